The van der Waals surface area contributed by atoms with E-state index in [-0.39, 0.29) is 5.60 Å². The first-order valence-electron chi connectivity index (χ1n) is 8.17. The molecule has 2 heteroatoms. The second-order valence-electron chi connectivity index (χ2n) is 5.92. The molecule has 0 aromatic carbocycles. The molecule has 1 rings (SSSR count). The fourth-order valence-corrected chi connectivity index (χ4v) is 2.95. The predicted octanol–water partition coefficient (Wildman–Crippen LogP) is 4.42. The molecule has 2 nitrogen and oxygen atoms in total. The zero-order chi connectivity index (χ0) is 13.1. The Morgan fingerprint density at radius 3 is 2.11 bits per heavy atom. The molecule has 0 radical (unpaired) electrons. The van der Waals surface area contributed by atoms with E-state index in [1.165, 1.54) is 77.0 Å². The van der Waals surface area contributed by atoms with Gasteiger partial charge in [-0.2, -0.15) is 0 Å². The number of rotatable bonds is 10. The number of hydrogen-bond acceptors (Lipinski definition) is 2. The van der Waals surface area contributed by atoms with Gasteiger partial charge in [-0.1, -0.05) is 64.7 Å². The van der Waals surface area contributed by atoms with Gasteiger partial charge in [0.1, 0.15) is 0 Å². The van der Waals surface area contributed by atoms with Crippen LogP contribution in [0.1, 0.15) is 84.0 Å². The highest BCUT2D eigenvalue weighted by Crippen LogP contribution is 2.30. The molecule has 2 N–H and O–H groups in total. The molecule has 0 saturated heterocycles. The number of unbranched alkanes of at least 4 members (excludes halogenated alkanes) is 6. The highest BCUT2D eigenvalue weighted by atomic mass is 16.5. The van der Waals surface area contributed by atoms with Crippen molar-refractivity contribution >= 4 is 0 Å². The quantitative estimate of drug-likeness (QED) is 0.587. The minimum absolute atomic E-state index is 0.0421. The van der Waals surface area contributed by atoms with Crippen molar-refractivity contribution in [2.75, 3.05) is 13.2 Å². The lowest BCUT2D eigenvalue weighted by Crippen LogP contribution is -2.42. The van der Waals surface area contributed by atoms with Crippen molar-refractivity contribution < 1.29 is 4.74 Å². The average Bonchev–Trinajstić information content (AvgIpc) is 2.43. The van der Waals surface area contributed by atoms with Gasteiger partial charge >= 0.3 is 0 Å². The van der Waals surface area contributed by atoms with E-state index in [9.17, 15) is 0 Å². The van der Waals surface area contributed by atoms with E-state index in [1.54, 1.807) is 0 Å². The molecule has 1 saturated carbocycles. The first-order chi connectivity index (χ1) is 8.83. The summed E-state index contributed by atoms with van der Waals surface area (Å²) < 4.78 is 6.12. The lowest BCUT2D eigenvalue weighted by molar-refractivity contribution is -0.0643. The third-order valence-electron chi connectivity index (χ3n) is 4.29. The lowest BCUT2D eigenvalue weighted by atomic mass is 9.84. The summed E-state index contributed by atoms with van der Waals surface area (Å²) in [5, 5.41) is 0. The summed E-state index contributed by atoms with van der Waals surface area (Å²) >= 11 is 0. The fourth-order valence-electron chi connectivity index (χ4n) is 2.95. The Labute approximate surface area is 114 Å². The maximum Gasteiger partial charge on any atom is 0.0804 e. The average molecular weight is 255 g/mol. The maximum absolute atomic E-state index is 6.12. The molecular weight excluding hydrogens is 222 g/mol. The van der Waals surface area contributed by atoms with Gasteiger partial charge in [0.25, 0.3) is 0 Å². The molecule has 0 aromatic heterocycles. The van der Waals surface area contributed by atoms with E-state index < -0.39 is 0 Å². The third-order valence-corrected chi connectivity index (χ3v) is 4.29. The molecule has 0 heterocycles. The molecule has 1 aliphatic carbocycles. The molecule has 0 aromatic rings. The van der Waals surface area contributed by atoms with Gasteiger partial charge < -0.3 is 10.5 Å². The smallest absolute Gasteiger partial charge is 0.0804 e. The normalized spacial score (nSPS) is 19.0. The highest BCUT2D eigenvalue weighted by molar-refractivity contribution is 4.85. The summed E-state index contributed by atoms with van der Waals surface area (Å²) in [6, 6.07) is 0. The van der Waals surface area contributed by atoms with Gasteiger partial charge in [-0.05, 0) is 19.3 Å². The van der Waals surface area contributed by atoms with Crippen LogP contribution >= 0.6 is 0 Å². The van der Waals surface area contributed by atoms with Crippen molar-refractivity contribution in [1.29, 1.82) is 0 Å². The SMILES string of the molecule is CCCCCCCCCOC1(CN)CCCCC1. The van der Waals surface area contributed by atoms with E-state index >= 15 is 0 Å². The first-order valence-corrected chi connectivity index (χ1v) is 8.17. The van der Waals surface area contributed by atoms with E-state index in [0.29, 0.717) is 6.54 Å². The van der Waals surface area contributed by atoms with Crippen LogP contribution in [0.25, 0.3) is 0 Å². The Hall–Kier alpha value is -0.0800. The largest absolute Gasteiger partial charge is 0.374 e. The molecule has 0 amide bonds. The molecule has 0 unspecified atom stereocenters. The molecule has 0 bridgehead atoms. The molecule has 18 heavy (non-hydrogen) atoms. The Morgan fingerprint density at radius 1 is 0.889 bits per heavy atom. The predicted molar refractivity (Wildman–Crippen MR) is 78.8 cm³/mol. The summed E-state index contributed by atoms with van der Waals surface area (Å²) in [5.74, 6) is 0. The molecular formula is C16H33NO. The van der Waals surface area contributed by atoms with Crippen LogP contribution in [0.2, 0.25) is 0 Å². The van der Waals surface area contributed by atoms with E-state index in [2.05, 4.69) is 6.92 Å². The van der Waals surface area contributed by atoms with Crippen molar-refractivity contribution in [3.8, 4) is 0 Å². The molecule has 108 valence electrons. The minimum Gasteiger partial charge on any atom is -0.374 e. The van der Waals surface area contributed by atoms with Crippen LogP contribution in [-0.4, -0.2) is 18.8 Å². The molecule has 1 fully saturated rings. The first kappa shape index (κ1) is 16.0. The van der Waals surface area contributed by atoms with E-state index in [1.807, 2.05) is 0 Å². The fraction of sp³-hybridized carbons (Fsp3) is 1.00. The van der Waals surface area contributed by atoms with Crippen LogP contribution in [0.5, 0.6) is 0 Å². The minimum atomic E-state index is 0.0421. The molecule has 0 spiro atoms. The van der Waals surface area contributed by atoms with Crippen LogP contribution < -0.4 is 5.73 Å². The van der Waals surface area contributed by atoms with Crippen LogP contribution in [0.15, 0.2) is 0 Å². The van der Waals surface area contributed by atoms with Gasteiger partial charge in [0, 0.05) is 13.2 Å². The van der Waals surface area contributed by atoms with Gasteiger partial charge in [-0.25, -0.2) is 0 Å². The molecule has 0 aliphatic heterocycles. The third kappa shape index (κ3) is 6.19. The summed E-state index contributed by atoms with van der Waals surface area (Å²) in [5.41, 5.74) is 5.95. The van der Waals surface area contributed by atoms with Gasteiger partial charge in [0.2, 0.25) is 0 Å². The van der Waals surface area contributed by atoms with E-state index in [4.69, 9.17) is 10.5 Å². The Kier molecular flexibility index (Phi) is 8.70. The molecule has 1 aliphatic rings. The van der Waals surface area contributed by atoms with E-state index in [0.717, 1.165) is 6.61 Å². The van der Waals surface area contributed by atoms with Crippen molar-refractivity contribution in [3.05, 3.63) is 0 Å². The maximum atomic E-state index is 6.12. The second kappa shape index (κ2) is 9.80. The Bertz CT molecular complexity index is 188. The van der Waals surface area contributed by atoms with Gasteiger partial charge in [-0.15, -0.1) is 0 Å². The number of hydrogen-bond donors (Lipinski definition) is 1. The zero-order valence-electron chi connectivity index (χ0n) is 12.4. The van der Waals surface area contributed by atoms with Crippen LogP contribution in [0, 0.1) is 0 Å². The summed E-state index contributed by atoms with van der Waals surface area (Å²) in [6.07, 6.45) is 15.8. The summed E-state index contributed by atoms with van der Waals surface area (Å²) in [6.45, 7) is 3.90. The molecule has 0 atom stereocenters. The number of ether oxygens (including phenoxy) is 1. The Morgan fingerprint density at radius 2 is 1.50 bits per heavy atom. The van der Waals surface area contributed by atoms with Crippen molar-refractivity contribution in [2.24, 2.45) is 5.73 Å². The van der Waals surface area contributed by atoms with Crippen molar-refractivity contribution in [3.63, 3.8) is 0 Å². The topological polar surface area (TPSA) is 35.2 Å². The van der Waals surface area contributed by atoms with Crippen LogP contribution in [-0.2, 0) is 4.74 Å². The monoisotopic (exact) mass is 255 g/mol. The Balaban J connectivity index is 1.98. The summed E-state index contributed by atoms with van der Waals surface area (Å²) in [7, 11) is 0. The van der Waals surface area contributed by atoms with Crippen LogP contribution in [0.3, 0.4) is 0 Å². The lowest BCUT2D eigenvalue weighted by Gasteiger charge is -2.36. The standard InChI is InChI=1S/C16H33NO/c1-2-3-4-5-6-7-11-14-18-16(15-17)12-9-8-10-13-16/h2-15,17H2,1H3. The number of nitrogens with two attached hydrogens (primary N) is 1. The summed E-state index contributed by atoms with van der Waals surface area (Å²) in [4.78, 5) is 0. The van der Waals surface area contributed by atoms with Gasteiger partial charge in [0.05, 0.1) is 5.60 Å². The van der Waals surface area contributed by atoms with Crippen LogP contribution in [0.4, 0.5) is 0 Å². The highest BCUT2D eigenvalue weighted by Gasteiger charge is 2.30. The van der Waals surface area contributed by atoms with Crippen molar-refractivity contribution in [2.45, 2.75) is 89.6 Å². The van der Waals surface area contributed by atoms with Gasteiger partial charge in [0.15, 0.2) is 0 Å². The second-order valence-corrected chi connectivity index (χ2v) is 5.92. The van der Waals surface area contributed by atoms with Gasteiger partial charge in [-0.3, -0.25) is 0 Å². The zero-order valence-corrected chi connectivity index (χ0v) is 12.4. The van der Waals surface area contributed by atoms with Crippen molar-refractivity contribution in [1.82, 2.24) is 0 Å².